The van der Waals surface area contributed by atoms with Crippen LogP contribution in [0.4, 0.5) is 4.39 Å². The van der Waals surface area contributed by atoms with Gasteiger partial charge in [-0.05, 0) is 75.2 Å². The lowest BCUT2D eigenvalue weighted by Crippen LogP contribution is -2.62. The third-order valence-electron chi connectivity index (χ3n) is 5.62. The Labute approximate surface area is 153 Å². The molecule has 26 heavy (non-hydrogen) atoms. The molecule has 2 bridgehead atoms. The van der Waals surface area contributed by atoms with Crippen LogP contribution in [-0.4, -0.2) is 36.0 Å². The van der Waals surface area contributed by atoms with E-state index in [1.807, 2.05) is 0 Å². The lowest BCUT2D eigenvalue weighted by molar-refractivity contribution is 0.0217. The maximum Gasteiger partial charge on any atom is 0.251 e. The summed E-state index contributed by atoms with van der Waals surface area (Å²) >= 11 is 0. The first-order valence-corrected chi connectivity index (χ1v) is 9.18. The van der Waals surface area contributed by atoms with Gasteiger partial charge in [-0.3, -0.25) is 9.69 Å². The quantitative estimate of drug-likeness (QED) is 0.907. The number of hydrogen-bond donors (Lipinski definition) is 1. The number of nitrogens with one attached hydrogen (secondary N) is 1. The van der Waals surface area contributed by atoms with Gasteiger partial charge in [-0.15, -0.1) is 0 Å². The smallest absolute Gasteiger partial charge is 0.251 e. The molecule has 0 aromatic heterocycles. The van der Waals surface area contributed by atoms with Gasteiger partial charge >= 0.3 is 0 Å². The molecule has 0 aliphatic carbocycles. The first-order valence-electron chi connectivity index (χ1n) is 9.18. The predicted octanol–water partition coefficient (Wildman–Crippen LogP) is 3.83. The van der Waals surface area contributed by atoms with Gasteiger partial charge in [0.25, 0.3) is 5.91 Å². The number of rotatable bonds is 4. The molecule has 1 unspecified atom stereocenters. The fraction of sp³-hybridized carbons (Fsp3) is 0.381. The Hall–Kier alpha value is -2.40. The van der Waals surface area contributed by atoms with E-state index in [2.05, 4.69) is 17.1 Å². The van der Waals surface area contributed by atoms with Crippen molar-refractivity contribution in [2.75, 3.05) is 13.1 Å². The number of nitrogens with zero attached hydrogens (tertiary/aromatic N) is 1. The first-order chi connectivity index (χ1) is 12.6. The molecule has 5 heteroatoms. The molecule has 3 aliphatic rings. The predicted molar refractivity (Wildman–Crippen MR) is 97.9 cm³/mol. The number of hydrogen-bond acceptors (Lipinski definition) is 3. The molecule has 2 aromatic rings. The third-order valence-corrected chi connectivity index (χ3v) is 5.62. The van der Waals surface area contributed by atoms with Crippen LogP contribution in [0, 0.1) is 11.7 Å². The van der Waals surface area contributed by atoms with E-state index in [1.165, 1.54) is 12.1 Å². The number of carbonyl (C=O) groups is 1. The van der Waals surface area contributed by atoms with Crippen LogP contribution < -0.4 is 10.1 Å². The molecule has 5 rings (SSSR count). The Bertz CT molecular complexity index is 783. The highest BCUT2D eigenvalue weighted by Gasteiger charge is 2.40. The topological polar surface area (TPSA) is 41.6 Å². The largest absolute Gasteiger partial charge is 0.457 e. The molecule has 2 atom stereocenters. The minimum atomic E-state index is -0.342. The van der Waals surface area contributed by atoms with Crippen LogP contribution in [0.3, 0.4) is 0 Å². The summed E-state index contributed by atoms with van der Waals surface area (Å²) in [4.78, 5) is 15.1. The monoisotopic (exact) mass is 354 g/mol. The van der Waals surface area contributed by atoms with Crippen molar-refractivity contribution in [2.24, 2.45) is 5.92 Å². The maximum absolute atomic E-state index is 13.2. The molecule has 3 heterocycles. The van der Waals surface area contributed by atoms with Crippen molar-refractivity contribution in [3.63, 3.8) is 0 Å². The van der Waals surface area contributed by atoms with Crippen molar-refractivity contribution in [2.45, 2.75) is 31.8 Å². The molecule has 3 aliphatic heterocycles. The van der Waals surface area contributed by atoms with Crippen LogP contribution in [0.5, 0.6) is 11.5 Å². The van der Waals surface area contributed by atoms with Crippen molar-refractivity contribution < 1.29 is 13.9 Å². The van der Waals surface area contributed by atoms with Gasteiger partial charge in [0.15, 0.2) is 0 Å². The fourth-order valence-electron chi connectivity index (χ4n) is 4.12. The van der Waals surface area contributed by atoms with Crippen molar-refractivity contribution in [3.05, 3.63) is 59.9 Å². The zero-order valence-corrected chi connectivity index (χ0v) is 14.8. The Kier molecular flexibility index (Phi) is 4.64. The summed E-state index contributed by atoms with van der Waals surface area (Å²) in [5.74, 6) is 1.19. The van der Waals surface area contributed by atoms with Gasteiger partial charge in [-0.2, -0.15) is 0 Å². The number of benzene rings is 2. The highest BCUT2D eigenvalue weighted by Crippen LogP contribution is 2.32. The molecular formula is C21H23FN2O2. The summed E-state index contributed by atoms with van der Waals surface area (Å²) in [6.45, 7) is 4.49. The lowest BCUT2D eigenvalue weighted by Gasteiger charge is -2.49. The summed E-state index contributed by atoms with van der Waals surface area (Å²) in [7, 11) is 0. The lowest BCUT2D eigenvalue weighted by atomic mass is 9.79. The van der Waals surface area contributed by atoms with Crippen LogP contribution in [-0.2, 0) is 0 Å². The van der Waals surface area contributed by atoms with E-state index in [0.717, 1.165) is 25.9 Å². The summed E-state index contributed by atoms with van der Waals surface area (Å²) in [5, 5.41) is 3.22. The first kappa shape index (κ1) is 17.0. The van der Waals surface area contributed by atoms with Crippen molar-refractivity contribution in [1.82, 2.24) is 10.2 Å². The van der Waals surface area contributed by atoms with E-state index in [1.54, 1.807) is 36.4 Å². The molecule has 1 N–H and O–H groups in total. The zero-order chi connectivity index (χ0) is 18.1. The van der Waals surface area contributed by atoms with E-state index in [-0.39, 0.29) is 17.8 Å². The Balaban J connectivity index is 1.41. The second kappa shape index (κ2) is 7.08. The van der Waals surface area contributed by atoms with Crippen LogP contribution in [0.25, 0.3) is 0 Å². The second-order valence-corrected chi connectivity index (χ2v) is 7.20. The number of piperidine rings is 3. The standard InChI is InChI=1S/C21H23FN2O2/c1-14-20(15-9-11-24(14)12-10-15)23-21(25)16-5-7-18(8-6-16)26-19-4-2-3-17(22)13-19/h2-8,13-15,20H,9-12H2,1H3,(H,23,25)/t14?,20-/m0/s1. The SMILES string of the molecule is CC1[C@H](NC(=O)c2ccc(Oc3cccc(F)c3)cc2)C2CCN1CC2. The highest BCUT2D eigenvalue weighted by molar-refractivity contribution is 5.94. The molecular weight excluding hydrogens is 331 g/mol. The average Bonchev–Trinajstić information content (AvgIpc) is 2.65. The molecule has 1 amide bonds. The van der Waals surface area contributed by atoms with Crippen LogP contribution >= 0.6 is 0 Å². The van der Waals surface area contributed by atoms with Gasteiger partial charge in [0.05, 0.1) is 0 Å². The maximum atomic E-state index is 13.2. The molecule has 3 fully saturated rings. The number of fused-ring (bicyclic) bond motifs is 3. The molecule has 4 nitrogen and oxygen atoms in total. The van der Waals surface area contributed by atoms with E-state index in [0.29, 0.717) is 29.0 Å². The fourth-order valence-corrected chi connectivity index (χ4v) is 4.12. The van der Waals surface area contributed by atoms with Gasteiger partial charge in [0.2, 0.25) is 0 Å². The third kappa shape index (κ3) is 3.44. The Morgan fingerprint density at radius 1 is 1.12 bits per heavy atom. The van der Waals surface area contributed by atoms with Crippen LogP contribution in [0.2, 0.25) is 0 Å². The van der Waals surface area contributed by atoms with Crippen LogP contribution in [0.15, 0.2) is 48.5 Å². The van der Waals surface area contributed by atoms with Crippen molar-refractivity contribution in [1.29, 1.82) is 0 Å². The number of carbonyl (C=O) groups excluding carboxylic acids is 1. The summed E-state index contributed by atoms with van der Waals surface area (Å²) in [6.07, 6.45) is 2.32. The van der Waals surface area contributed by atoms with E-state index in [4.69, 9.17) is 4.74 Å². The van der Waals surface area contributed by atoms with E-state index >= 15 is 0 Å². The van der Waals surface area contributed by atoms with Gasteiger partial charge in [0, 0.05) is 23.7 Å². The average molecular weight is 354 g/mol. The number of amides is 1. The minimum Gasteiger partial charge on any atom is -0.457 e. The second-order valence-electron chi connectivity index (χ2n) is 7.20. The number of ether oxygens (including phenoxy) is 1. The molecule has 0 spiro atoms. The normalized spacial score (nSPS) is 27.2. The molecule has 0 radical (unpaired) electrons. The van der Waals surface area contributed by atoms with Crippen molar-refractivity contribution in [3.8, 4) is 11.5 Å². The van der Waals surface area contributed by atoms with Gasteiger partial charge in [-0.25, -0.2) is 4.39 Å². The summed E-state index contributed by atoms with van der Waals surface area (Å²) < 4.78 is 18.8. The zero-order valence-electron chi connectivity index (χ0n) is 14.8. The summed E-state index contributed by atoms with van der Waals surface area (Å²) in [5.41, 5.74) is 0.611. The molecule has 0 saturated carbocycles. The Morgan fingerprint density at radius 3 is 2.50 bits per heavy atom. The van der Waals surface area contributed by atoms with Gasteiger partial charge in [-0.1, -0.05) is 6.07 Å². The van der Waals surface area contributed by atoms with Gasteiger partial charge in [0.1, 0.15) is 17.3 Å². The van der Waals surface area contributed by atoms with Crippen LogP contribution in [0.1, 0.15) is 30.1 Å². The molecule has 136 valence electrons. The van der Waals surface area contributed by atoms with E-state index < -0.39 is 0 Å². The van der Waals surface area contributed by atoms with E-state index in [9.17, 15) is 9.18 Å². The Morgan fingerprint density at radius 2 is 1.85 bits per heavy atom. The van der Waals surface area contributed by atoms with Gasteiger partial charge < -0.3 is 10.1 Å². The molecule has 2 aromatic carbocycles. The minimum absolute atomic E-state index is 0.0482. The number of halogens is 1. The summed E-state index contributed by atoms with van der Waals surface area (Å²) in [6, 6.07) is 13.6. The van der Waals surface area contributed by atoms with Crippen molar-refractivity contribution >= 4 is 5.91 Å². The molecule has 3 saturated heterocycles. The highest BCUT2D eigenvalue weighted by atomic mass is 19.1.